The number of fused-ring (bicyclic) bond motifs is 3. The summed E-state index contributed by atoms with van der Waals surface area (Å²) < 4.78 is 7.79. The quantitative estimate of drug-likeness (QED) is 0.842. The van der Waals surface area contributed by atoms with Crippen LogP contribution >= 0.6 is 11.6 Å². The van der Waals surface area contributed by atoms with E-state index in [2.05, 4.69) is 10.3 Å². The summed E-state index contributed by atoms with van der Waals surface area (Å²) in [5, 5.41) is 8.80. The highest BCUT2D eigenvalue weighted by Crippen LogP contribution is 2.30. The Balaban J connectivity index is 1.47. The van der Waals surface area contributed by atoms with Crippen LogP contribution in [0.3, 0.4) is 0 Å². The first-order chi connectivity index (χ1) is 11.2. The summed E-state index contributed by atoms with van der Waals surface area (Å²) >= 11 is 5.89. The number of carbonyl (C=O) groups is 1. The van der Waals surface area contributed by atoms with Crippen molar-refractivity contribution in [2.45, 2.75) is 31.6 Å². The van der Waals surface area contributed by atoms with Crippen molar-refractivity contribution < 1.29 is 9.53 Å². The van der Waals surface area contributed by atoms with E-state index >= 15 is 0 Å². The molecule has 0 bridgehead atoms. The van der Waals surface area contributed by atoms with E-state index in [1.165, 1.54) is 0 Å². The zero-order valence-electron chi connectivity index (χ0n) is 12.6. The van der Waals surface area contributed by atoms with E-state index in [0.717, 1.165) is 24.2 Å². The second-order valence-electron chi connectivity index (χ2n) is 6.02. The summed E-state index contributed by atoms with van der Waals surface area (Å²) in [6, 6.07) is 7.47. The molecule has 1 saturated heterocycles. The van der Waals surface area contributed by atoms with Gasteiger partial charge in [-0.15, -0.1) is 5.10 Å². The Kier molecular flexibility index (Phi) is 3.79. The number of ether oxygens (including phenoxy) is 1. The summed E-state index contributed by atoms with van der Waals surface area (Å²) in [6.45, 7) is 1.89. The lowest BCUT2D eigenvalue weighted by molar-refractivity contribution is -0.137. The molecule has 23 heavy (non-hydrogen) atoms. The fourth-order valence-corrected chi connectivity index (χ4v) is 3.42. The average molecular weight is 333 g/mol. The molecule has 1 amide bonds. The van der Waals surface area contributed by atoms with E-state index in [9.17, 15) is 4.79 Å². The standard InChI is InChI=1S/C16H17ClN4O2/c17-12-3-1-11(2-4-12)7-16(22)20-6-5-15-14(9-20)21-13(10-23-15)8-18-19-21/h1-4,8,14-15H,5-7,9-10H2/t14-,15-/m0/s1. The van der Waals surface area contributed by atoms with Crippen LogP contribution in [0.5, 0.6) is 0 Å². The topological polar surface area (TPSA) is 60.3 Å². The smallest absolute Gasteiger partial charge is 0.227 e. The van der Waals surface area contributed by atoms with Gasteiger partial charge in [-0.2, -0.15) is 0 Å². The van der Waals surface area contributed by atoms with Crippen molar-refractivity contribution >= 4 is 17.5 Å². The maximum atomic E-state index is 12.6. The molecule has 7 heteroatoms. The van der Waals surface area contributed by atoms with Crippen LogP contribution in [0.1, 0.15) is 23.7 Å². The number of carbonyl (C=O) groups excluding carboxylic acids is 1. The summed E-state index contributed by atoms with van der Waals surface area (Å²) in [5.41, 5.74) is 1.95. The van der Waals surface area contributed by atoms with Crippen molar-refractivity contribution in [3.05, 3.63) is 46.7 Å². The number of amides is 1. The first kappa shape index (κ1) is 14.7. The molecule has 1 fully saturated rings. The van der Waals surface area contributed by atoms with Gasteiger partial charge in [0.05, 0.1) is 37.1 Å². The van der Waals surface area contributed by atoms with Crippen molar-refractivity contribution in [1.29, 1.82) is 0 Å². The second-order valence-corrected chi connectivity index (χ2v) is 6.45. The van der Waals surface area contributed by atoms with Crippen molar-refractivity contribution in [3.63, 3.8) is 0 Å². The average Bonchev–Trinajstić information content (AvgIpc) is 3.05. The molecule has 2 atom stereocenters. The Morgan fingerprint density at radius 1 is 1.35 bits per heavy atom. The summed E-state index contributed by atoms with van der Waals surface area (Å²) in [5.74, 6) is 0.123. The van der Waals surface area contributed by atoms with Gasteiger partial charge in [0.2, 0.25) is 5.91 Å². The van der Waals surface area contributed by atoms with Crippen LogP contribution in [0.15, 0.2) is 30.5 Å². The third-order valence-corrected chi connectivity index (χ3v) is 4.80. The van der Waals surface area contributed by atoms with E-state index in [4.69, 9.17) is 16.3 Å². The van der Waals surface area contributed by atoms with Crippen LogP contribution in [0.25, 0.3) is 0 Å². The van der Waals surface area contributed by atoms with Gasteiger partial charge in [0.15, 0.2) is 0 Å². The maximum Gasteiger partial charge on any atom is 0.227 e. The minimum atomic E-state index is 0.0594. The highest BCUT2D eigenvalue weighted by Gasteiger charge is 2.37. The Bertz CT molecular complexity index is 715. The van der Waals surface area contributed by atoms with Gasteiger partial charge in [0.1, 0.15) is 0 Å². The molecule has 0 spiro atoms. The Morgan fingerprint density at radius 3 is 3.00 bits per heavy atom. The van der Waals surface area contributed by atoms with Gasteiger partial charge in [0, 0.05) is 18.1 Å². The van der Waals surface area contributed by atoms with E-state index in [-0.39, 0.29) is 18.1 Å². The number of hydrogen-bond donors (Lipinski definition) is 0. The highest BCUT2D eigenvalue weighted by molar-refractivity contribution is 6.30. The number of halogens is 1. The van der Waals surface area contributed by atoms with Crippen molar-refractivity contribution in [2.75, 3.05) is 13.1 Å². The van der Waals surface area contributed by atoms with Gasteiger partial charge in [-0.1, -0.05) is 28.9 Å². The minimum Gasteiger partial charge on any atom is -0.370 e. The van der Waals surface area contributed by atoms with Crippen LogP contribution < -0.4 is 0 Å². The Labute approximate surface area is 139 Å². The molecule has 120 valence electrons. The molecule has 3 heterocycles. The van der Waals surface area contributed by atoms with E-state index in [1.54, 1.807) is 6.20 Å². The first-order valence-corrected chi connectivity index (χ1v) is 8.11. The summed E-state index contributed by atoms with van der Waals surface area (Å²) in [7, 11) is 0. The Hall–Kier alpha value is -1.92. The molecule has 1 aromatic carbocycles. The highest BCUT2D eigenvalue weighted by atomic mass is 35.5. The zero-order valence-corrected chi connectivity index (χ0v) is 13.3. The normalized spacial score (nSPS) is 23.3. The number of likely N-dealkylation sites (tertiary alicyclic amines) is 1. The van der Waals surface area contributed by atoms with Crippen molar-refractivity contribution in [1.82, 2.24) is 19.9 Å². The Morgan fingerprint density at radius 2 is 2.17 bits per heavy atom. The van der Waals surface area contributed by atoms with Crippen molar-refractivity contribution in [2.24, 2.45) is 0 Å². The van der Waals surface area contributed by atoms with Crippen LogP contribution in [0.2, 0.25) is 5.02 Å². The number of hydrogen-bond acceptors (Lipinski definition) is 4. The lowest BCUT2D eigenvalue weighted by Gasteiger charge is -2.41. The molecule has 0 N–H and O–H groups in total. The van der Waals surface area contributed by atoms with Gasteiger partial charge in [0.25, 0.3) is 0 Å². The summed E-state index contributed by atoms with van der Waals surface area (Å²) in [6.07, 6.45) is 3.06. The van der Waals surface area contributed by atoms with Gasteiger partial charge >= 0.3 is 0 Å². The molecule has 0 saturated carbocycles. The molecule has 0 radical (unpaired) electrons. The third-order valence-electron chi connectivity index (χ3n) is 4.55. The molecule has 1 aromatic heterocycles. The molecule has 2 aliphatic rings. The van der Waals surface area contributed by atoms with Crippen LogP contribution in [-0.4, -0.2) is 45.0 Å². The van der Waals surface area contributed by atoms with Crippen LogP contribution in [0.4, 0.5) is 0 Å². The van der Waals surface area contributed by atoms with Crippen molar-refractivity contribution in [3.8, 4) is 0 Å². The molecule has 6 nitrogen and oxygen atoms in total. The SMILES string of the molecule is O=C(Cc1ccc(Cl)cc1)N1CC[C@@H]2OCc3cnnn3[C@H]2C1. The number of benzene rings is 1. The first-order valence-electron chi connectivity index (χ1n) is 7.73. The lowest BCUT2D eigenvalue weighted by atomic mass is 9.99. The number of rotatable bonds is 2. The zero-order chi connectivity index (χ0) is 15.8. The largest absolute Gasteiger partial charge is 0.370 e. The van der Waals surface area contributed by atoms with Crippen LogP contribution in [-0.2, 0) is 22.6 Å². The number of piperidine rings is 1. The monoisotopic (exact) mass is 332 g/mol. The van der Waals surface area contributed by atoms with E-state index < -0.39 is 0 Å². The summed E-state index contributed by atoms with van der Waals surface area (Å²) in [4.78, 5) is 14.5. The fraction of sp³-hybridized carbons (Fsp3) is 0.438. The number of aromatic nitrogens is 3. The van der Waals surface area contributed by atoms with Gasteiger partial charge < -0.3 is 9.64 Å². The third kappa shape index (κ3) is 2.84. The molecular formula is C16H17ClN4O2. The lowest BCUT2D eigenvalue weighted by Crippen LogP contribution is -2.50. The van der Waals surface area contributed by atoms with E-state index in [0.29, 0.717) is 24.6 Å². The van der Waals surface area contributed by atoms with Gasteiger partial charge in [-0.25, -0.2) is 4.68 Å². The fourth-order valence-electron chi connectivity index (χ4n) is 3.29. The molecular weight excluding hydrogens is 316 g/mol. The van der Waals surface area contributed by atoms with Gasteiger partial charge in [-0.3, -0.25) is 4.79 Å². The van der Waals surface area contributed by atoms with Gasteiger partial charge in [-0.05, 0) is 24.1 Å². The number of nitrogens with zero attached hydrogens (tertiary/aromatic N) is 4. The van der Waals surface area contributed by atoms with Crippen LogP contribution in [0, 0.1) is 0 Å². The molecule has 4 rings (SSSR count). The predicted molar refractivity (Wildman–Crippen MR) is 84.0 cm³/mol. The molecule has 2 aliphatic heterocycles. The van der Waals surface area contributed by atoms with E-state index in [1.807, 2.05) is 33.8 Å². The minimum absolute atomic E-state index is 0.0594. The molecule has 2 aromatic rings. The predicted octanol–water partition coefficient (Wildman–Crippen LogP) is 1.85. The molecule has 0 aliphatic carbocycles. The second kappa shape index (κ2) is 5.94. The maximum absolute atomic E-state index is 12.6. The molecule has 0 unspecified atom stereocenters.